The van der Waals surface area contributed by atoms with Crippen LogP contribution in [0.15, 0.2) is 24.3 Å². The van der Waals surface area contributed by atoms with Gasteiger partial charge in [-0.1, -0.05) is 30.2 Å². The molecular weight excluding hydrogens is 258 g/mol. The highest BCUT2D eigenvalue weighted by Crippen LogP contribution is 2.14. The highest BCUT2D eigenvalue weighted by atomic mass is 15.5. The van der Waals surface area contributed by atoms with Gasteiger partial charge in [0.1, 0.15) is 0 Å². The van der Waals surface area contributed by atoms with Crippen molar-refractivity contribution in [3.8, 4) is 11.4 Å². The number of hydrogen-bond donors (Lipinski definition) is 3. The molecule has 2 aromatic heterocycles. The van der Waals surface area contributed by atoms with Crippen LogP contribution in [0.3, 0.4) is 0 Å². The summed E-state index contributed by atoms with van der Waals surface area (Å²) >= 11 is 0. The zero-order valence-corrected chi connectivity index (χ0v) is 11.2. The van der Waals surface area contributed by atoms with Gasteiger partial charge in [0.2, 0.25) is 5.82 Å². The number of aryl methyl sites for hydroxylation is 1. The average molecular weight is 273 g/mol. The van der Waals surface area contributed by atoms with E-state index >= 15 is 0 Å². The van der Waals surface area contributed by atoms with Crippen LogP contribution in [-0.2, 0) is 6.42 Å². The third kappa shape index (κ3) is 3.57. The number of anilines is 1. The average Bonchev–Trinajstić information content (AvgIpc) is 3.21. The maximum Gasteiger partial charge on any atom is 0.262 e. The van der Waals surface area contributed by atoms with E-state index in [2.05, 4.69) is 65.6 Å². The third-order valence-corrected chi connectivity index (χ3v) is 2.51. The molecule has 0 aliphatic rings. The molecule has 0 saturated carbocycles. The van der Waals surface area contributed by atoms with E-state index in [1.54, 1.807) is 7.05 Å². The Balaban J connectivity index is 0.000000178. The molecule has 0 fully saturated rings. The van der Waals surface area contributed by atoms with Crippen molar-refractivity contribution < 1.29 is 0 Å². The first-order chi connectivity index (χ1) is 9.83. The zero-order valence-electron chi connectivity index (χ0n) is 11.2. The van der Waals surface area contributed by atoms with Crippen molar-refractivity contribution in [3.05, 3.63) is 29.8 Å². The van der Waals surface area contributed by atoms with Crippen LogP contribution in [0.1, 0.15) is 12.5 Å². The van der Waals surface area contributed by atoms with E-state index in [9.17, 15) is 0 Å². The summed E-state index contributed by atoms with van der Waals surface area (Å²) in [6, 6.07) is 8.14. The number of nitrogens with zero attached hydrogens (tertiary/aromatic N) is 6. The Labute approximate surface area is 115 Å². The molecule has 0 atom stereocenters. The smallest absolute Gasteiger partial charge is 0.262 e. The molecule has 3 N–H and O–H groups in total. The van der Waals surface area contributed by atoms with Gasteiger partial charge in [-0.25, -0.2) is 0 Å². The first-order valence-electron chi connectivity index (χ1n) is 6.07. The lowest BCUT2D eigenvalue weighted by molar-refractivity contribution is 0.881. The molecule has 0 aliphatic carbocycles. The molecule has 9 heteroatoms. The molecule has 104 valence electrons. The minimum atomic E-state index is 0.514. The summed E-state index contributed by atoms with van der Waals surface area (Å²) in [4.78, 5) is 0. The highest BCUT2D eigenvalue weighted by Gasteiger charge is 2.01. The molecule has 0 amide bonds. The highest BCUT2D eigenvalue weighted by molar-refractivity contribution is 5.54. The molecule has 0 bridgehead atoms. The van der Waals surface area contributed by atoms with Gasteiger partial charge >= 0.3 is 0 Å². The van der Waals surface area contributed by atoms with E-state index < -0.39 is 0 Å². The molecule has 0 unspecified atom stereocenters. The van der Waals surface area contributed by atoms with Gasteiger partial charge < -0.3 is 5.32 Å². The van der Waals surface area contributed by atoms with Gasteiger partial charge in [-0.2, -0.15) is 10.4 Å². The molecule has 3 aromatic rings. The monoisotopic (exact) mass is 273 g/mol. The Hall–Kier alpha value is -2.84. The van der Waals surface area contributed by atoms with E-state index in [4.69, 9.17) is 0 Å². The number of aromatic amines is 2. The second-order valence-electron chi connectivity index (χ2n) is 3.77. The van der Waals surface area contributed by atoms with Crippen LogP contribution in [0, 0.1) is 0 Å². The summed E-state index contributed by atoms with van der Waals surface area (Å²) in [7, 11) is 1.73. The lowest BCUT2D eigenvalue weighted by atomic mass is 10.1. The van der Waals surface area contributed by atoms with Crippen molar-refractivity contribution in [2.75, 3.05) is 12.4 Å². The van der Waals surface area contributed by atoms with E-state index in [1.165, 1.54) is 5.56 Å². The van der Waals surface area contributed by atoms with Crippen LogP contribution in [0.2, 0.25) is 0 Å². The van der Waals surface area contributed by atoms with Gasteiger partial charge in [0.25, 0.3) is 5.95 Å². The molecule has 0 spiro atoms. The summed E-state index contributed by atoms with van der Waals surface area (Å²) in [5.74, 6) is 1.16. The van der Waals surface area contributed by atoms with E-state index in [-0.39, 0.29) is 0 Å². The number of benzene rings is 1. The van der Waals surface area contributed by atoms with Crippen LogP contribution in [0.25, 0.3) is 11.4 Å². The van der Waals surface area contributed by atoms with Crippen molar-refractivity contribution in [1.29, 1.82) is 0 Å². The Morgan fingerprint density at radius 3 is 2.45 bits per heavy atom. The molecule has 3 rings (SSSR count). The van der Waals surface area contributed by atoms with Crippen molar-refractivity contribution >= 4 is 5.95 Å². The van der Waals surface area contributed by atoms with Crippen molar-refractivity contribution in [2.24, 2.45) is 0 Å². The Kier molecular flexibility index (Phi) is 4.70. The van der Waals surface area contributed by atoms with Crippen molar-refractivity contribution in [3.63, 3.8) is 0 Å². The zero-order chi connectivity index (χ0) is 14.2. The topological polar surface area (TPSA) is 121 Å². The summed E-state index contributed by atoms with van der Waals surface area (Å²) in [5.41, 5.74) is 2.29. The van der Waals surface area contributed by atoms with Crippen LogP contribution < -0.4 is 5.32 Å². The van der Waals surface area contributed by atoms with Crippen LogP contribution in [-0.4, -0.2) is 48.3 Å². The predicted octanol–water partition coefficient (Wildman–Crippen LogP) is 0.670. The third-order valence-electron chi connectivity index (χ3n) is 2.51. The summed E-state index contributed by atoms with van der Waals surface area (Å²) in [5, 5.41) is 29.2. The van der Waals surface area contributed by atoms with Crippen LogP contribution >= 0.6 is 0 Å². The van der Waals surface area contributed by atoms with Crippen LogP contribution in [0.4, 0.5) is 5.95 Å². The number of H-pyrrole nitrogens is 2. The fourth-order valence-corrected chi connectivity index (χ4v) is 1.48. The Morgan fingerprint density at radius 2 is 1.90 bits per heavy atom. The second kappa shape index (κ2) is 6.92. The van der Waals surface area contributed by atoms with E-state index in [0.29, 0.717) is 11.8 Å². The molecule has 0 aliphatic heterocycles. The maximum absolute atomic E-state index is 3.91. The van der Waals surface area contributed by atoms with E-state index in [0.717, 1.165) is 12.0 Å². The Morgan fingerprint density at radius 1 is 1.10 bits per heavy atom. The lowest BCUT2D eigenvalue weighted by Crippen LogP contribution is -1.88. The fourth-order valence-electron chi connectivity index (χ4n) is 1.48. The normalized spacial score (nSPS) is 9.70. The minimum Gasteiger partial charge on any atom is -0.355 e. The standard InChI is InChI=1S/C9H10N4.C2H5N5/c1-2-7-4-3-5-8(6-7)9-10-12-13-11-9;1-3-2-4-6-7-5-2/h3-6H,2H2,1H3,(H,10,11,12,13);1H3,(H2,3,4,5,6,7). The van der Waals surface area contributed by atoms with Gasteiger partial charge in [-0.3, -0.25) is 0 Å². The molecule has 2 heterocycles. The SMILES string of the molecule is CCc1cccc(-c2nn[nH]n2)c1.CNc1nn[nH]n1. The molecule has 1 aromatic carbocycles. The van der Waals surface area contributed by atoms with E-state index in [1.807, 2.05) is 12.1 Å². The summed E-state index contributed by atoms with van der Waals surface area (Å²) in [6.07, 6.45) is 1.02. The molecule has 0 radical (unpaired) electrons. The van der Waals surface area contributed by atoms with Gasteiger partial charge in [-0.15, -0.1) is 15.3 Å². The van der Waals surface area contributed by atoms with Crippen molar-refractivity contribution in [1.82, 2.24) is 41.2 Å². The number of aromatic nitrogens is 8. The molecule has 20 heavy (non-hydrogen) atoms. The second-order valence-corrected chi connectivity index (χ2v) is 3.77. The first-order valence-corrected chi connectivity index (χ1v) is 6.07. The van der Waals surface area contributed by atoms with Gasteiger partial charge in [0, 0.05) is 12.6 Å². The molecular formula is C11H15N9. The first kappa shape index (κ1) is 13.6. The van der Waals surface area contributed by atoms with Crippen molar-refractivity contribution in [2.45, 2.75) is 13.3 Å². The van der Waals surface area contributed by atoms with Gasteiger partial charge in [-0.05, 0) is 28.5 Å². The number of nitrogens with one attached hydrogen (secondary N) is 3. The fraction of sp³-hybridized carbons (Fsp3) is 0.273. The van der Waals surface area contributed by atoms with Gasteiger partial charge in [0.05, 0.1) is 0 Å². The molecule has 0 saturated heterocycles. The quantitative estimate of drug-likeness (QED) is 0.641. The molecule has 9 nitrogen and oxygen atoms in total. The largest absolute Gasteiger partial charge is 0.355 e. The van der Waals surface area contributed by atoms with Gasteiger partial charge in [0.15, 0.2) is 0 Å². The maximum atomic E-state index is 3.91. The lowest BCUT2D eigenvalue weighted by Gasteiger charge is -1.97. The summed E-state index contributed by atoms with van der Waals surface area (Å²) < 4.78 is 0. The van der Waals surface area contributed by atoms with Crippen LogP contribution in [0.5, 0.6) is 0 Å². The predicted molar refractivity (Wildman–Crippen MR) is 72.7 cm³/mol. The number of hydrogen-bond acceptors (Lipinski definition) is 7. The number of tetrazole rings is 2. The number of rotatable bonds is 3. The minimum absolute atomic E-state index is 0.514. The Bertz CT molecular complexity index is 603. The summed E-state index contributed by atoms with van der Waals surface area (Å²) in [6.45, 7) is 2.12.